The summed E-state index contributed by atoms with van der Waals surface area (Å²) in [4.78, 5) is 2.52. The maximum atomic E-state index is 5.59. The number of nitrogens with zero attached hydrogens (tertiary/aromatic N) is 1. The van der Waals surface area contributed by atoms with Gasteiger partial charge in [-0.05, 0) is 38.4 Å². The summed E-state index contributed by atoms with van der Waals surface area (Å²) in [5.74, 6) is 2.01. The van der Waals surface area contributed by atoms with Gasteiger partial charge in [-0.3, -0.25) is 4.90 Å². The van der Waals surface area contributed by atoms with Gasteiger partial charge in [-0.15, -0.1) is 0 Å². The molecule has 96 valence electrons. The van der Waals surface area contributed by atoms with Gasteiger partial charge in [0, 0.05) is 18.7 Å². The molecule has 17 heavy (non-hydrogen) atoms. The molecule has 2 heterocycles. The smallest absolute Gasteiger partial charge is 0.118 e. The molecule has 0 aromatic carbocycles. The Morgan fingerprint density at radius 3 is 3.18 bits per heavy atom. The minimum Gasteiger partial charge on any atom is -0.468 e. The number of nitrogens with one attached hydrogen (secondary N) is 1. The number of likely N-dealkylation sites (tertiary alicyclic amines) is 1. The van der Waals surface area contributed by atoms with E-state index in [0.29, 0.717) is 0 Å². The summed E-state index contributed by atoms with van der Waals surface area (Å²) in [7, 11) is 1.96. The van der Waals surface area contributed by atoms with Gasteiger partial charge in [0.2, 0.25) is 0 Å². The summed E-state index contributed by atoms with van der Waals surface area (Å²) >= 11 is 0. The van der Waals surface area contributed by atoms with Gasteiger partial charge in [0.1, 0.15) is 5.76 Å². The van der Waals surface area contributed by atoms with E-state index in [9.17, 15) is 0 Å². The van der Waals surface area contributed by atoms with Crippen molar-refractivity contribution >= 4 is 0 Å². The molecule has 1 fully saturated rings. The first-order chi connectivity index (χ1) is 8.31. The van der Waals surface area contributed by atoms with E-state index in [1.807, 2.05) is 13.3 Å². The quantitative estimate of drug-likeness (QED) is 0.823. The molecule has 0 spiro atoms. The first-order valence-corrected chi connectivity index (χ1v) is 6.75. The van der Waals surface area contributed by atoms with Crippen LogP contribution in [0.2, 0.25) is 0 Å². The van der Waals surface area contributed by atoms with Crippen molar-refractivity contribution in [2.45, 2.75) is 39.3 Å². The summed E-state index contributed by atoms with van der Waals surface area (Å²) in [6, 6.07) is 2.17. The first-order valence-electron chi connectivity index (χ1n) is 6.75. The van der Waals surface area contributed by atoms with Crippen LogP contribution in [0.5, 0.6) is 0 Å². The van der Waals surface area contributed by atoms with Crippen LogP contribution in [0.25, 0.3) is 0 Å². The second kappa shape index (κ2) is 6.22. The third-order valence-electron chi connectivity index (χ3n) is 3.54. The predicted molar refractivity (Wildman–Crippen MR) is 69.8 cm³/mol. The molecule has 2 rings (SSSR count). The van der Waals surface area contributed by atoms with Crippen molar-refractivity contribution < 1.29 is 4.42 Å². The molecular formula is C14H24N2O. The van der Waals surface area contributed by atoms with Crippen LogP contribution in [0.15, 0.2) is 16.7 Å². The predicted octanol–water partition coefficient (Wildman–Crippen LogP) is 2.62. The van der Waals surface area contributed by atoms with Gasteiger partial charge in [-0.1, -0.05) is 13.3 Å². The van der Waals surface area contributed by atoms with Gasteiger partial charge in [-0.25, -0.2) is 0 Å². The van der Waals surface area contributed by atoms with E-state index in [2.05, 4.69) is 23.2 Å². The lowest BCUT2D eigenvalue weighted by Crippen LogP contribution is -2.19. The van der Waals surface area contributed by atoms with E-state index in [4.69, 9.17) is 4.42 Å². The maximum Gasteiger partial charge on any atom is 0.118 e. The van der Waals surface area contributed by atoms with Crippen LogP contribution >= 0.6 is 0 Å². The molecule has 1 unspecified atom stereocenters. The van der Waals surface area contributed by atoms with Crippen molar-refractivity contribution in [2.24, 2.45) is 5.92 Å². The number of hydrogen-bond donors (Lipinski definition) is 1. The monoisotopic (exact) mass is 236 g/mol. The van der Waals surface area contributed by atoms with E-state index in [1.165, 1.54) is 37.9 Å². The highest BCUT2D eigenvalue weighted by Crippen LogP contribution is 2.22. The molecule has 1 saturated heterocycles. The van der Waals surface area contributed by atoms with Crippen LogP contribution in [0.1, 0.15) is 37.5 Å². The molecule has 1 aliphatic rings. The summed E-state index contributed by atoms with van der Waals surface area (Å²) in [5, 5.41) is 3.14. The fraction of sp³-hybridized carbons (Fsp3) is 0.714. The molecular weight excluding hydrogens is 212 g/mol. The van der Waals surface area contributed by atoms with Crippen LogP contribution in [0.3, 0.4) is 0 Å². The van der Waals surface area contributed by atoms with Gasteiger partial charge in [-0.2, -0.15) is 0 Å². The van der Waals surface area contributed by atoms with Crippen LogP contribution in [0, 0.1) is 5.92 Å². The highest BCUT2D eigenvalue weighted by Gasteiger charge is 2.22. The summed E-state index contributed by atoms with van der Waals surface area (Å²) in [6.45, 7) is 6.62. The highest BCUT2D eigenvalue weighted by atomic mass is 16.3. The van der Waals surface area contributed by atoms with Crippen molar-refractivity contribution in [1.29, 1.82) is 0 Å². The van der Waals surface area contributed by atoms with E-state index in [-0.39, 0.29) is 0 Å². The molecule has 0 radical (unpaired) electrons. The number of hydrogen-bond acceptors (Lipinski definition) is 3. The van der Waals surface area contributed by atoms with Crippen molar-refractivity contribution in [3.8, 4) is 0 Å². The summed E-state index contributed by atoms with van der Waals surface area (Å²) in [6.07, 6.45) is 5.91. The van der Waals surface area contributed by atoms with Crippen LogP contribution in [-0.2, 0) is 13.1 Å². The Kier molecular flexibility index (Phi) is 4.63. The minimum atomic E-state index is 0.891. The van der Waals surface area contributed by atoms with Crippen LogP contribution in [0.4, 0.5) is 0 Å². The Morgan fingerprint density at radius 2 is 2.41 bits per heavy atom. The maximum absolute atomic E-state index is 5.59. The second-order valence-electron chi connectivity index (χ2n) is 5.13. The SMILES string of the molecule is CCCC1CCN(Cc2cc(CNC)co2)C1. The normalized spacial score (nSPS) is 21.2. The van der Waals surface area contributed by atoms with E-state index in [1.54, 1.807) is 0 Å². The number of furan rings is 1. The molecule has 0 saturated carbocycles. The van der Waals surface area contributed by atoms with E-state index >= 15 is 0 Å². The van der Waals surface area contributed by atoms with Crippen molar-refractivity contribution in [3.63, 3.8) is 0 Å². The third kappa shape index (κ3) is 3.58. The molecule has 1 N–H and O–H groups in total. The molecule has 1 atom stereocenters. The molecule has 0 aliphatic carbocycles. The Labute approximate surface area is 104 Å². The first kappa shape index (κ1) is 12.7. The Balaban J connectivity index is 1.80. The van der Waals surface area contributed by atoms with Gasteiger partial charge >= 0.3 is 0 Å². The molecule has 3 heteroatoms. The standard InChI is InChI=1S/C14H24N2O/c1-3-4-12-5-6-16(9-12)10-14-7-13(8-15-2)11-17-14/h7,11-12,15H,3-6,8-10H2,1-2H3. The Morgan fingerprint density at radius 1 is 1.53 bits per heavy atom. The molecule has 1 aromatic heterocycles. The van der Waals surface area contributed by atoms with E-state index in [0.717, 1.165) is 24.8 Å². The van der Waals surface area contributed by atoms with Crippen molar-refractivity contribution in [2.75, 3.05) is 20.1 Å². The molecule has 3 nitrogen and oxygen atoms in total. The van der Waals surface area contributed by atoms with Gasteiger partial charge in [0.25, 0.3) is 0 Å². The molecule has 0 amide bonds. The van der Waals surface area contributed by atoms with Crippen molar-refractivity contribution in [1.82, 2.24) is 10.2 Å². The second-order valence-corrected chi connectivity index (χ2v) is 5.13. The summed E-state index contributed by atoms with van der Waals surface area (Å²) < 4.78 is 5.59. The minimum absolute atomic E-state index is 0.891. The summed E-state index contributed by atoms with van der Waals surface area (Å²) in [5.41, 5.74) is 1.24. The van der Waals surface area contributed by atoms with Crippen LogP contribution in [-0.4, -0.2) is 25.0 Å². The molecule has 1 aliphatic heterocycles. The zero-order valence-electron chi connectivity index (χ0n) is 11.0. The Hall–Kier alpha value is -0.800. The zero-order chi connectivity index (χ0) is 12.1. The average Bonchev–Trinajstić information content (AvgIpc) is 2.91. The Bertz CT molecular complexity index is 335. The fourth-order valence-electron chi connectivity index (χ4n) is 2.73. The lowest BCUT2D eigenvalue weighted by Gasteiger charge is -2.13. The topological polar surface area (TPSA) is 28.4 Å². The van der Waals surface area contributed by atoms with Crippen molar-refractivity contribution in [3.05, 3.63) is 23.7 Å². The van der Waals surface area contributed by atoms with Gasteiger partial charge in [0.15, 0.2) is 0 Å². The van der Waals surface area contributed by atoms with Crippen LogP contribution < -0.4 is 5.32 Å². The zero-order valence-corrected chi connectivity index (χ0v) is 11.0. The third-order valence-corrected chi connectivity index (χ3v) is 3.54. The lowest BCUT2D eigenvalue weighted by atomic mass is 10.0. The van der Waals surface area contributed by atoms with Gasteiger partial charge in [0.05, 0.1) is 12.8 Å². The van der Waals surface area contributed by atoms with E-state index < -0.39 is 0 Å². The number of rotatable bonds is 6. The highest BCUT2D eigenvalue weighted by molar-refractivity contribution is 5.12. The largest absolute Gasteiger partial charge is 0.468 e. The molecule has 0 bridgehead atoms. The van der Waals surface area contributed by atoms with Gasteiger partial charge < -0.3 is 9.73 Å². The fourth-order valence-corrected chi connectivity index (χ4v) is 2.73. The average molecular weight is 236 g/mol. The molecule has 1 aromatic rings. The lowest BCUT2D eigenvalue weighted by molar-refractivity contribution is 0.284.